The number of amides is 1. The van der Waals surface area contributed by atoms with Gasteiger partial charge in [-0.25, -0.2) is 0 Å². The van der Waals surface area contributed by atoms with Gasteiger partial charge in [0, 0.05) is 25.9 Å². The van der Waals surface area contributed by atoms with Crippen LogP contribution in [0.5, 0.6) is 0 Å². The van der Waals surface area contributed by atoms with Crippen LogP contribution in [0.25, 0.3) is 0 Å². The van der Waals surface area contributed by atoms with E-state index in [1.807, 2.05) is 24.1 Å². The van der Waals surface area contributed by atoms with Crippen LogP contribution in [0.15, 0.2) is 24.5 Å². The number of pyridine rings is 1. The summed E-state index contributed by atoms with van der Waals surface area (Å²) in [5.41, 5.74) is 1.13. The molecule has 1 aromatic heterocycles. The van der Waals surface area contributed by atoms with Gasteiger partial charge in [0.2, 0.25) is 5.91 Å². The van der Waals surface area contributed by atoms with Gasteiger partial charge in [-0.15, -0.1) is 0 Å². The highest BCUT2D eigenvalue weighted by atomic mass is 16.2. The fraction of sp³-hybridized carbons (Fsp3) is 0.600. The summed E-state index contributed by atoms with van der Waals surface area (Å²) < 4.78 is 0. The standard InChI is InChI=1S/C15H23N3O/c1-12(14-5-8-16-9-6-14)18(2)15(19)10-13-4-3-7-17-11-13/h5-6,8-9,12-13,17H,3-4,7,10-11H2,1-2H3. The van der Waals surface area contributed by atoms with E-state index in [2.05, 4.69) is 17.2 Å². The van der Waals surface area contributed by atoms with Crippen LogP contribution in [-0.2, 0) is 4.79 Å². The van der Waals surface area contributed by atoms with Gasteiger partial charge in [0.1, 0.15) is 0 Å². The van der Waals surface area contributed by atoms with Crippen LogP contribution in [0.1, 0.15) is 37.8 Å². The number of carbonyl (C=O) groups excluding carboxylic acids is 1. The molecule has 4 nitrogen and oxygen atoms in total. The molecule has 1 N–H and O–H groups in total. The Morgan fingerprint density at radius 2 is 2.26 bits per heavy atom. The fourth-order valence-electron chi connectivity index (χ4n) is 2.57. The summed E-state index contributed by atoms with van der Waals surface area (Å²) in [4.78, 5) is 18.2. The predicted molar refractivity (Wildman–Crippen MR) is 75.6 cm³/mol. The van der Waals surface area contributed by atoms with Gasteiger partial charge in [0.05, 0.1) is 6.04 Å². The topological polar surface area (TPSA) is 45.2 Å². The molecule has 19 heavy (non-hydrogen) atoms. The molecule has 0 aromatic carbocycles. The van der Waals surface area contributed by atoms with Crippen molar-refractivity contribution in [3.63, 3.8) is 0 Å². The van der Waals surface area contributed by atoms with E-state index in [0.29, 0.717) is 12.3 Å². The molecule has 104 valence electrons. The first-order valence-electron chi connectivity index (χ1n) is 7.04. The van der Waals surface area contributed by atoms with Crippen molar-refractivity contribution < 1.29 is 4.79 Å². The average Bonchev–Trinajstić information content (AvgIpc) is 2.47. The molecule has 0 radical (unpaired) electrons. The van der Waals surface area contributed by atoms with E-state index in [4.69, 9.17) is 0 Å². The summed E-state index contributed by atoms with van der Waals surface area (Å²) in [5.74, 6) is 0.728. The van der Waals surface area contributed by atoms with Crippen molar-refractivity contribution in [3.8, 4) is 0 Å². The highest BCUT2D eigenvalue weighted by Crippen LogP contribution is 2.21. The number of carbonyl (C=O) groups is 1. The predicted octanol–water partition coefficient (Wildman–Crippen LogP) is 1.99. The second-order valence-electron chi connectivity index (χ2n) is 5.38. The normalized spacial score (nSPS) is 20.8. The molecule has 1 amide bonds. The first-order chi connectivity index (χ1) is 9.18. The summed E-state index contributed by atoms with van der Waals surface area (Å²) in [6.07, 6.45) is 6.54. The minimum Gasteiger partial charge on any atom is -0.339 e. The van der Waals surface area contributed by atoms with Crippen LogP contribution in [-0.4, -0.2) is 35.9 Å². The van der Waals surface area contributed by atoms with Gasteiger partial charge in [0.15, 0.2) is 0 Å². The molecule has 1 aliphatic rings. The molecule has 2 rings (SSSR count). The molecule has 0 saturated carbocycles. The van der Waals surface area contributed by atoms with Crippen LogP contribution < -0.4 is 5.32 Å². The Bertz CT molecular complexity index is 401. The molecule has 1 aromatic rings. The third-order valence-corrected chi connectivity index (χ3v) is 4.03. The molecule has 2 heterocycles. The Kier molecular flexibility index (Phi) is 4.91. The third-order valence-electron chi connectivity index (χ3n) is 4.03. The molecule has 0 aliphatic carbocycles. The minimum absolute atomic E-state index is 0.104. The SMILES string of the molecule is CC(c1ccncc1)N(C)C(=O)CC1CCCNC1. The van der Waals surface area contributed by atoms with E-state index in [0.717, 1.165) is 25.1 Å². The zero-order valence-electron chi connectivity index (χ0n) is 11.8. The lowest BCUT2D eigenvalue weighted by atomic mass is 9.95. The molecule has 2 unspecified atom stereocenters. The fourth-order valence-corrected chi connectivity index (χ4v) is 2.57. The number of hydrogen-bond donors (Lipinski definition) is 1. The minimum atomic E-state index is 0.104. The van der Waals surface area contributed by atoms with Crippen molar-refractivity contribution in [1.82, 2.24) is 15.2 Å². The largest absolute Gasteiger partial charge is 0.339 e. The lowest BCUT2D eigenvalue weighted by Crippen LogP contribution is -2.36. The Labute approximate surface area is 115 Å². The number of aromatic nitrogens is 1. The highest BCUT2D eigenvalue weighted by molar-refractivity contribution is 5.76. The number of piperidine rings is 1. The van der Waals surface area contributed by atoms with Crippen LogP contribution in [0.4, 0.5) is 0 Å². The monoisotopic (exact) mass is 261 g/mol. The number of nitrogens with one attached hydrogen (secondary N) is 1. The van der Waals surface area contributed by atoms with Crippen LogP contribution in [0, 0.1) is 5.92 Å². The summed E-state index contributed by atoms with van der Waals surface area (Å²) in [6.45, 7) is 4.13. The lowest BCUT2D eigenvalue weighted by molar-refractivity contribution is -0.133. The Morgan fingerprint density at radius 3 is 2.89 bits per heavy atom. The highest BCUT2D eigenvalue weighted by Gasteiger charge is 2.22. The second kappa shape index (κ2) is 6.66. The maximum Gasteiger partial charge on any atom is 0.223 e. The quantitative estimate of drug-likeness (QED) is 0.901. The molecule has 4 heteroatoms. The smallest absolute Gasteiger partial charge is 0.223 e. The summed E-state index contributed by atoms with van der Waals surface area (Å²) in [6, 6.07) is 4.04. The molecule has 0 spiro atoms. The summed E-state index contributed by atoms with van der Waals surface area (Å²) in [7, 11) is 1.89. The van der Waals surface area contributed by atoms with Gasteiger partial charge >= 0.3 is 0 Å². The molecular formula is C15H23N3O. The van der Waals surface area contributed by atoms with E-state index in [-0.39, 0.29) is 11.9 Å². The summed E-state index contributed by atoms with van der Waals surface area (Å²) >= 11 is 0. The third kappa shape index (κ3) is 3.77. The van der Waals surface area contributed by atoms with Crippen LogP contribution in [0.3, 0.4) is 0 Å². The average molecular weight is 261 g/mol. The number of nitrogens with zero attached hydrogens (tertiary/aromatic N) is 2. The van der Waals surface area contributed by atoms with Gasteiger partial charge in [-0.05, 0) is 56.5 Å². The molecule has 2 atom stereocenters. The van der Waals surface area contributed by atoms with Crippen LogP contribution >= 0.6 is 0 Å². The lowest BCUT2D eigenvalue weighted by Gasteiger charge is -2.28. The molecule has 0 bridgehead atoms. The van der Waals surface area contributed by atoms with Gasteiger partial charge in [0.25, 0.3) is 0 Å². The zero-order chi connectivity index (χ0) is 13.7. The first kappa shape index (κ1) is 14.0. The molecule has 1 saturated heterocycles. The van der Waals surface area contributed by atoms with Crippen molar-refractivity contribution in [2.75, 3.05) is 20.1 Å². The van der Waals surface area contributed by atoms with Crippen LogP contribution in [0.2, 0.25) is 0 Å². The summed E-state index contributed by atoms with van der Waals surface area (Å²) in [5, 5.41) is 3.36. The molecule has 1 aliphatic heterocycles. The van der Waals surface area contributed by atoms with Crippen molar-refractivity contribution >= 4 is 5.91 Å². The van der Waals surface area contributed by atoms with Crippen molar-refractivity contribution in [2.45, 2.75) is 32.2 Å². The maximum atomic E-state index is 12.3. The van der Waals surface area contributed by atoms with Crippen molar-refractivity contribution in [1.29, 1.82) is 0 Å². The van der Waals surface area contributed by atoms with Gasteiger partial charge < -0.3 is 10.2 Å². The maximum absolute atomic E-state index is 12.3. The second-order valence-corrected chi connectivity index (χ2v) is 5.38. The first-order valence-corrected chi connectivity index (χ1v) is 7.04. The van der Waals surface area contributed by atoms with Gasteiger partial charge in [-0.1, -0.05) is 0 Å². The van der Waals surface area contributed by atoms with Crippen molar-refractivity contribution in [3.05, 3.63) is 30.1 Å². The van der Waals surface area contributed by atoms with E-state index in [1.165, 1.54) is 6.42 Å². The zero-order valence-corrected chi connectivity index (χ0v) is 11.8. The van der Waals surface area contributed by atoms with Gasteiger partial charge in [-0.2, -0.15) is 0 Å². The van der Waals surface area contributed by atoms with E-state index < -0.39 is 0 Å². The van der Waals surface area contributed by atoms with Crippen molar-refractivity contribution in [2.24, 2.45) is 5.92 Å². The van der Waals surface area contributed by atoms with E-state index in [9.17, 15) is 4.79 Å². The Hall–Kier alpha value is -1.42. The molecule has 1 fully saturated rings. The van der Waals surface area contributed by atoms with E-state index >= 15 is 0 Å². The Morgan fingerprint density at radius 1 is 1.53 bits per heavy atom. The number of rotatable bonds is 4. The Balaban J connectivity index is 1.91. The molecular weight excluding hydrogens is 238 g/mol. The number of hydrogen-bond acceptors (Lipinski definition) is 3. The van der Waals surface area contributed by atoms with Gasteiger partial charge in [-0.3, -0.25) is 9.78 Å². The van der Waals surface area contributed by atoms with E-state index in [1.54, 1.807) is 12.4 Å².